The molecule has 0 radical (unpaired) electrons. The van der Waals surface area contributed by atoms with Gasteiger partial charge in [0, 0.05) is 19.1 Å². The topological polar surface area (TPSA) is 64.0 Å². The fourth-order valence-corrected chi connectivity index (χ4v) is 3.38. The average Bonchev–Trinajstić information content (AvgIpc) is 3.00. The van der Waals surface area contributed by atoms with Gasteiger partial charge < -0.3 is 15.1 Å². The average molecular weight is 290 g/mol. The molecule has 114 valence electrons. The molecular weight excluding hydrogens is 268 g/mol. The SMILES string of the molecule is O=C(c1cccc(O)c1O)N1CCC(N2CCCCC2)C1. The summed E-state index contributed by atoms with van der Waals surface area (Å²) in [5.74, 6) is -0.751. The van der Waals surface area contributed by atoms with Gasteiger partial charge in [0.2, 0.25) is 0 Å². The van der Waals surface area contributed by atoms with Crippen molar-refractivity contribution < 1.29 is 15.0 Å². The Morgan fingerprint density at radius 2 is 1.86 bits per heavy atom. The molecule has 1 aromatic carbocycles. The van der Waals surface area contributed by atoms with Gasteiger partial charge in [0.15, 0.2) is 11.5 Å². The van der Waals surface area contributed by atoms with Gasteiger partial charge in [-0.15, -0.1) is 0 Å². The number of carbonyl (C=O) groups is 1. The summed E-state index contributed by atoms with van der Waals surface area (Å²) < 4.78 is 0. The Bertz CT molecular complexity index is 526. The number of carbonyl (C=O) groups excluding carboxylic acids is 1. The maximum absolute atomic E-state index is 12.5. The van der Waals surface area contributed by atoms with Crippen LogP contribution in [0.5, 0.6) is 11.5 Å². The third kappa shape index (κ3) is 2.83. The second-order valence-corrected chi connectivity index (χ2v) is 5.96. The lowest BCUT2D eigenvalue weighted by atomic mass is 10.1. The molecule has 1 aromatic rings. The minimum absolute atomic E-state index is 0.189. The second-order valence-electron chi connectivity index (χ2n) is 5.96. The van der Waals surface area contributed by atoms with Gasteiger partial charge in [-0.05, 0) is 44.5 Å². The van der Waals surface area contributed by atoms with E-state index < -0.39 is 0 Å². The molecule has 0 bridgehead atoms. The molecule has 0 saturated carbocycles. The number of piperidine rings is 1. The number of amides is 1. The first-order valence-corrected chi connectivity index (χ1v) is 7.71. The molecule has 1 amide bonds. The van der Waals surface area contributed by atoms with Gasteiger partial charge in [0.25, 0.3) is 5.91 Å². The summed E-state index contributed by atoms with van der Waals surface area (Å²) in [7, 11) is 0. The lowest BCUT2D eigenvalue weighted by Gasteiger charge is -2.32. The quantitative estimate of drug-likeness (QED) is 0.815. The van der Waals surface area contributed by atoms with E-state index in [0.717, 1.165) is 26.1 Å². The number of benzene rings is 1. The van der Waals surface area contributed by atoms with Crippen LogP contribution in [-0.2, 0) is 0 Å². The van der Waals surface area contributed by atoms with Gasteiger partial charge in [-0.25, -0.2) is 0 Å². The Kier molecular flexibility index (Phi) is 4.01. The molecule has 5 nitrogen and oxygen atoms in total. The molecule has 2 heterocycles. The fraction of sp³-hybridized carbons (Fsp3) is 0.562. The van der Waals surface area contributed by atoms with Crippen LogP contribution < -0.4 is 0 Å². The molecule has 1 atom stereocenters. The highest BCUT2D eigenvalue weighted by Gasteiger charge is 2.32. The molecule has 0 aliphatic carbocycles. The van der Waals surface area contributed by atoms with Crippen molar-refractivity contribution in [3.05, 3.63) is 23.8 Å². The van der Waals surface area contributed by atoms with Gasteiger partial charge in [0.05, 0.1) is 5.56 Å². The van der Waals surface area contributed by atoms with E-state index in [-0.39, 0.29) is 23.0 Å². The first kappa shape index (κ1) is 14.2. The van der Waals surface area contributed by atoms with E-state index in [1.165, 1.54) is 25.3 Å². The molecule has 2 N–H and O–H groups in total. The summed E-state index contributed by atoms with van der Waals surface area (Å²) in [5, 5.41) is 19.4. The predicted octanol–water partition coefficient (Wildman–Crippen LogP) is 1.80. The summed E-state index contributed by atoms with van der Waals surface area (Å²) >= 11 is 0. The number of hydrogen-bond donors (Lipinski definition) is 2. The van der Waals surface area contributed by atoms with Crippen LogP contribution in [0.3, 0.4) is 0 Å². The highest BCUT2D eigenvalue weighted by molar-refractivity contribution is 5.97. The number of rotatable bonds is 2. The Labute approximate surface area is 124 Å². The molecule has 2 aliphatic rings. The van der Waals surface area contributed by atoms with Crippen LogP contribution >= 0.6 is 0 Å². The van der Waals surface area contributed by atoms with Gasteiger partial charge in [-0.3, -0.25) is 9.69 Å². The minimum Gasteiger partial charge on any atom is -0.504 e. The largest absolute Gasteiger partial charge is 0.504 e. The molecule has 5 heteroatoms. The van der Waals surface area contributed by atoms with Crippen molar-refractivity contribution in [1.29, 1.82) is 0 Å². The van der Waals surface area contributed by atoms with E-state index in [4.69, 9.17) is 0 Å². The van der Waals surface area contributed by atoms with Crippen molar-refractivity contribution in [2.45, 2.75) is 31.7 Å². The maximum Gasteiger partial charge on any atom is 0.257 e. The molecule has 3 rings (SSSR count). The van der Waals surface area contributed by atoms with E-state index >= 15 is 0 Å². The van der Waals surface area contributed by atoms with Gasteiger partial charge >= 0.3 is 0 Å². The number of hydrogen-bond acceptors (Lipinski definition) is 4. The number of aromatic hydroxyl groups is 2. The molecule has 0 aromatic heterocycles. The summed E-state index contributed by atoms with van der Waals surface area (Å²) in [6.45, 7) is 3.69. The highest BCUT2D eigenvalue weighted by Crippen LogP contribution is 2.30. The summed E-state index contributed by atoms with van der Waals surface area (Å²) in [4.78, 5) is 16.8. The van der Waals surface area contributed by atoms with Gasteiger partial charge in [0.1, 0.15) is 0 Å². The van der Waals surface area contributed by atoms with Crippen molar-refractivity contribution in [2.24, 2.45) is 0 Å². The third-order valence-corrected chi connectivity index (χ3v) is 4.60. The fourth-order valence-electron chi connectivity index (χ4n) is 3.38. The van der Waals surface area contributed by atoms with Crippen molar-refractivity contribution in [2.75, 3.05) is 26.2 Å². The van der Waals surface area contributed by atoms with Crippen molar-refractivity contribution >= 4 is 5.91 Å². The monoisotopic (exact) mass is 290 g/mol. The second kappa shape index (κ2) is 5.93. The zero-order valence-corrected chi connectivity index (χ0v) is 12.2. The van der Waals surface area contributed by atoms with Gasteiger partial charge in [-0.1, -0.05) is 12.5 Å². The third-order valence-electron chi connectivity index (χ3n) is 4.60. The Hall–Kier alpha value is -1.75. The number of phenolic OH excluding ortho intramolecular Hbond substituents is 2. The van der Waals surface area contributed by atoms with Gasteiger partial charge in [-0.2, -0.15) is 0 Å². The van der Waals surface area contributed by atoms with Crippen LogP contribution in [0.4, 0.5) is 0 Å². The first-order valence-electron chi connectivity index (χ1n) is 7.71. The number of nitrogens with zero attached hydrogens (tertiary/aromatic N) is 2. The zero-order chi connectivity index (χ0) is 14.8. The van der Waals surface area contributed by atoms with E-state index in [0.29, 0.717) is 12.6 Å². The Morgan fingerprint density at radius 3 is 2.62 bits per heavy atom. The lowest BCUT2D eigenvalue weighted by Crippen LogP contribution is -2.41. The smallest absolute Gasteiger partial charge is 0.257 e. The Morgan fingerprint density at radius 1 is 1.10 bits per heavy atom. The molecule has 1 unspecified atom stereocenters. The molecular formula is C16H22N2O3. The molecule has 0 spiro atoms. The molecule has 2 fully saturated rings. The molecule has 2 saturated heterocycles. The van der Waals surface area contributed by atoms with E-state index in [9.17, 15) is 15.0 Å². The molecule has 2 aliphatic heterocycles. The van der Waals surface area contributed by atoms with E-state index in [1.807, 2.05) is 0 Å². The van der Waals surface area contributed by atoms with Crippen molar-refractivity contribution in [1.82, 2.24) is 9.80 Å². The van der Waals surface area contributed by atoms with Crippen LogP contribution in [0.15, 0.2) is 18.2 Å². The summed E-state index contributed by atoms with van der Waals surface area (Å²) in [6, 6.07) is 4.97. The summed E-state index contributed by atoms with van der Waals surface area (Å²) in [6.07, 6.45) is 4.80. The van der Waals surface area contributed by atoms with Crippen LogP contribution in [0.25, 0.3) is 0 Å². The van der Waals surface area contributed by atoms with Crippen LogP contribution in [-0.4, -0.2) is 58.1 Å². The minimum atomic E-state index is -0.316. The lowest BCUT2D eigenvalue weighted by molar-refractivity contribution is 0.0768. The maximum atomic E-state index is 12.5. The van der Waals surface area contributed by atoms with E-state index in [1.54, 1.807) is 17.0 Å². The summed E-state index contributed by atoms with van der Waals surface area (Å²) in [5.41, 5.74) is 0.189. The Balaban J connectivity index is 1.68. The molecule has 21 heavy (non-hydrogen) atoms. The first-order chi connectivity index (χ1) is 10.2. The number of phenols is 2. The van der Waals surface area contributed by atoms with E-state index in [2.05, 4.69) is 4.90 Å². The zero-order valence-electron chi connectivity index (χ0n) is 12.2. The normalized spacial score (nSPS) is 23.4. The van der Waals surface area contributed by atoms with Crippen LogP contribution in [0, 0.1) is 0 Å². The number of likely N-dealkylation sites (tertiary alicyclic amines) is 2. The standard InChI is InChI=1S/C16H22N2O3/c19-14-6-4-5-13(15(14)20)16(21)18-10-7-12(11-18)17-8-2-1-3-9-17/h4-6,12,19-20H,1-3,7-11H2. The predicted molar refractivity (Wildman–Crippen MR) is 79.5 cm³/mol. The number of para-hydroxylation sites is 1. The van der Waals surface area contributed by atoms with Crippen molar-refractivity contribution in [3.8, 4) is 11.5 Å². The van der Waals surface area contributed by atoms with Crippen LogP contribution in [0.2, 0.25) is 0 Å². The highest BCUT2D eigenvalue weighted by atomic mass is 16.3. The van der Waals surface area contributed by atoms with Crippen molar-refractivity contribution in [3.63, 3.8) is 0 Å². The van der Waals surface area contributed by atoms with Crippen LogP contribution in [0.1, 0.15) is 36.0 Å².